The number of aromatic hydroxyl groups is 2. The SMILES string of the molecule is OC[C@H]1OC(c2ccc(O)cc2)O[C@H]2COC(c3ccc(O)cc3)O[C@@H]2[C@H]1O. The third kappa shape index (κ3) is 3.83. The number of aliphatic hydroxyl groups is 2. The minimum absolute atomic E-state index is 0.107. The molecular weight excluding hydrogens is 368 g/mol. The Hall–Kier alpha value is -2.20. The second-order valence-electron chi connectivity index (χ2n) is 6.80. The second kappa shape index (κ2) is 8.04. The Morgan fingerprint density at radius 1 is 0.786 bits per heavy atom. The minimum Gasteiger partial charge on any atom is -0.508 e. The van der Waals surface area contributed by atoms with Gasteiger partial charge in [-0.2, -0.15) is 0 Å². The smallest absolute Gasteiger partial charge is 0.184 e. The van der Waals surface area contributed by atoms with E-state index in [4.69, 9.17) is 18.9 Å². The highest BCUT2D eigenvalue weighted by molar-refractivity contribution is 5.28. The van der Waals surface area contributed by atoms with Crippen molar-refractivity contribution in [3.8, 4) is 11.5 Å². The third-order valence-corrected chi connectivity index (χ3v) is 4.88. The number of ether oxygens (including phenoxy) is 4. The van der Waals surface area contributed by atoms with Crippen LogP contribution in [-0.2, 0) is 18.9 Å². The Kier molecular flexibility index (Phi) is 5.49. The molecule has 2 fully saturated rings. The van der Waals surface area contributed by atoms with Gasteiger partial charge in [-0.25, -0.2) is 0 Å². The van der Waals surface area contributed by atoms with Crippen LogP contribution in [0, 0.1) is 0 Å². The lowest BCUT2D eigenvalue weighted by molar-refractivity contribution is -0.289. The molecule has 8 heteroatoms. The van der Waals surface area contributed by atoms with E-state index >= 15 is 0 Å². The fraction of sp³-hybridized carbons (Fsp3) is 0.400. The molecule has 0 amide bonds. The van der Waals surface area contributed by atoms with E-state index in [9.17, 15) is 20.4 Å². The number of phenolic OH excluding ortho intramolecular Hbond substituents is 2. The van der Waals surface area contributed by atoms with Gasteiger partial charge in [0.2, 0.25) is 0 Å². The number of rotatable bonds is 3. The molecular formula is C20H22O8. The first-order valence-corrected chi connectivity index (χ1v) is 9.00. The quantitative estimate of drug-likeness (QED) is 0.620. The molecule has 0 saturated carbocycles. The number of hydrogen-bond donors (Lipinski definition) is 4. The maximum Gasteiger partial charge on any atom is 0.184 e. The van der Waals surface area contributed by atoms with Crippen molar-refractivity contribution in [2.45, 2.75) is 37.0 Å². The molecule has 0 bridgehead atoms. The van der Waals surface area contributed by atoms with E-state index in [2.05, 4.69) is 0 Å². The first-order valence-electron chi connectivity index (χ1n) is 9.00. The molecule has 8 nitrogen and oxygen atoms in total. The van der Waals surface area contributed by atoms with Crippen LogP contribution in [0.4, 0.5) is 0 Å². The largest absolute Gasteiger partial charge is 0.508 e. The van der Waals surface area contributed by atoms with Crippen LogP contribution >= 0.6 is 0 Å². The van der Waals surface area contributed by atoms with Crippen molar-refractivity contribution in [2.75, 3.05) is 13.2 Å². The van der Waals surface area contributed by atoms with Gasteiger partial charge in [0.1, 0.15) is 35.9 Å². The van der Waals surface area contributed by atoms with Crippen molar-refractivity contribution in [3.05, 3.63) is 59.7 Å². The molecule has 2 aliphatic heterocycles. The molecule has 2 aromatic carbocycles. The zero-order valence-electron chi connectivity index (χ0n) is 14.9. The fourth-order valence-corrected chi connectivity index (χ4v) is 3.35. The normalized spacial score (nSPS) is 33.1. The maximum absolute atomic E-state index is 10.7. The standard InChI is InChI=1S/C20H22O8/c21-9-15-17(24)18-16(27-20(26-15)12-3-7-14(23)8-4-12)10-25-19(28-18)11-1-5-13(22)6-2-11/h1-8,15-24H,9-10H2/t15-,16+,17+,18+,19?,20?/m1/s1. The van der Waals surface area contributed by atoms with Gasteiger partial charge >= 0.3 is 0 Å². The summed E-state index contributed by atoms with van der Waals surface area (Å²) >= 11 is 0. The first-order chi connectivity index (χ1) is 13.5. The summed E-state index contributed by atoms with van der Waals surface area (Å²) < 4.78 is 23.4. The van der Waals surface area contributed by atoms with E-state index in [1.54, 1.807) is 24.3 Å². The van der Waals surface area contributed by atoms with Crippen molar-refractivity contribution in [3.63, 3.8) is 0 Å². The van der Waals surface area contributed by atoms with Gasteiger partial charge in [0.25, 0.3) is 0 Å². The maximum atomic E-state index is 10.7. The molecule has 2 aromatic rings. The van der Waals surface area contributed by atoms with E-state index in [0.29, 0.717) is 11.1 Å². The summed E-state index contributed by atoms with van der Waals surface area (Å²) in [6, 6.07) is 12.7. The summed E-state index contributed by atoms with van der Waals surface area (Å²) in [6.07, 6.45) is -5.08. The lowest BCUT2D eigenvalue weighted by Gasteiger charge is -2.37. The van der Waals surface area contributed by atoms with E-state index < -0.39 is 43.6 Å². The fourth-order valence-electron chi connectivity index (χ4n) is 3.35. The number of aliphatic hydroxyl groups excluding tert-OH is 2. The Morgan fingerprint density at radius 3 is 1.93 bits per heavy atom. The minimum atomic E-state index is -1.14. The van der Waals surface area contributed by atoms with Crippen LogP contribution in [0.2, 0.25) is 0 Å². The van der Waals surface area contributed by atoms with Gasteiger partial charge in [-0.05, 0) is 24.3 Å². The highest BCUT2D eigenvalue weighted by atomic mass is 16.8. The van der Waals surface area contributed by atoms with Gasteiger partial charge in [0, 0.05) is 11.1 Å². The third-order valence-electron chi connectivity index (χ3n) is 4.88. The van der Waals surface area contributed by atoms with Crippen LogP contribution in [-0.4, -0.2) is 58.1 Å². The number of hydrogen-bond acceptors (Lipinski definition) is 8. The molecule has 0 spiro atoms. The molecule has 2 saturated heterocycles. The van der Waals surface area contributed by atoms with Crippen LogP contribution < -0.4 is 0 Å². The number of phenols is 2. The van der Waals surface area contributed by atoms with E-state index in [0.717, 1.165) is 0 Å². The summed E-state index contributed by atoms with van der Waals surface area (Å²) in [6.45, 7) is -0.278. The highest BCUT2D eigenvalue weighted by Gasteiger charge is 2.46. The molecule has 0 aromatic heterocycles. The van der Waals surface area contributed by atoms with Gasteiger partial charge in [0.15, 0.2) is 12.6 Å². The highest BCUT2D eigenvalue weighted by Crippen LogP contribution is 2.37. The van der Waals surface area contributed by atoms with E-state index in [1.165, 1.54) is 24.3 Å². The lowest BCUT2D eigenvalue weighted by Crippen LogP contribution is -2.51. The molecule has 2 unspecified atom stereocenters. The van der Waals surface area contributed by atoms with Crippen molar-refractivity contribution < 1.29 is 39.4 Å². The average Bonchev–Trinajstić information content (AvgIpc) is 2.85. The van der Waals surface area contributed by atoms with Crippen LogP contribution in [0.1, 0.15) is 23.7 Å². The van der Waals surface area contributed by atoms with Gasteiger partial charge in [0.05, 0.1) is 13.2 Å². The summed E-state index contributed by atoms with van der Waals surface area (Å²) in [5.41, 5.74) is 1.31. The predicted octanol–water partition coefficient (Wildman–Crippen LogP) is 1.35. The topological polar surface area (TPSA) is 118 Å². The van der Waals surface area contributed by atoms with Crippen LogP contribution in [0.5, 0.6) is 11.5 Å². The van der Waals surface area contributed by atoms with Crippen LogP contribution in [0.15, 0.2) is 48.5 Å². The number of fused-ring (bicyclic) bond motifs is 1. The van der Waals surface area contributed by atoms with Crippen molar-refractivity contribution in [1.82, 2.24) is 0 Å². The van der Waals surface area contributed by atoms with E-state index in [1.807, 2.05) is 0 Å². The Labute approximate surface area is 161 Å². The predicted molar refractivity (Wildman–Crippen MR) is 95.4 cm³/mol. The lowest BCUT2D eigenvalue weighted by atomic mass is 10.0. The molecule has 2 aliphatic rings. The van der Waals surface area contributed by atoms with Crippen molar-refractivity contribution in [2.24, 2.45) is 0 Å². The molecule has 6 atom stereocenters. The van der Waals surface area contributed by atoms with Gasteiger partial charge in [-0.15, -0.1) is 0 Å². The summed E-state index contributed by atoms with van der Waals surface area (Å²) in [5.74, 6) is 0.232. The van der Waals surface area contributed by atoms with Crippen molar-refractivity contribution >= 4 is 0 Å². The van der Waals surface area contributed by atoms with Gasteiger partial charge in [-0.1, -0.05) is 24.3 Å². The first kappa shape index (κ1) is 19.1. The average molecular weight is 390 g/mol. The van der Waals surface area contributed by atoms with Gasteiger partial charge in [-0.3, -0.25) is 0 Å². The van der Waals surface area contributed by atoms with Crippen LogP contribution in [0.25, 0.3) is 0 Å². The molecule has 2 heterocycles. The molecule has 0 aliphatic carbocycles. The zero-order valence-corrected chi connectivity index (χ0v) is 14.9. The van der Waals surface area contributed by atoms with E-state index in [-0.39, 0.29) is 18.1 Å². The van der Waals surface area contributed by atoms with Gasteiger partial charge < -0.3 is 39.4 Å². The number of benzene rings is 2. The molecule has 0 radical (unpaired) electrons. The van der Waals surface area contributed by atoms with Crippen molar-refractivity contribution in [1.29, 1.82) is 0 Å². The second-order valence-corrected chi connectivity index (χ2v) is 6.80. The Morgan fingerprint density at radius 2 is 1.36 bits per heavy atom. The molecule has 28 heavy (non-hydrogen) atoms. The van der Waals surface area contributed by atoms with Crippen LogP contribution in [0.3, 0.4) is 0 Å². The Bertz CT molecular complexity index is 778. The summed E-state index contributed by atoms with van der Waals surface area (Å²) in [4.78, 5) is 0. The summed E-state index contributed by atoms with van der Waals surface area (Å²) in [7, 11) is 0. The molecule has 150 valence electrons. The monoisotopic (exact) mass is 390 g/mol. The summed E-state index contributed by atoms with van der Waals surface area (Å²) in [5, 5.41) is 39.4. The Balaban J connectivity index is 1.56. The molecule has 4 N–H and O–H groups in total. The molecule has 4 rings (SSSR count). The zero-order chi connectivity index (χ0) is 19.7.